The van der Waals surface area contributed by atoms with Crippen LogP contribution in [0.1, 0.15) is 37.7 Å². The number of aromatic nitrogens is 1. The fourth-order valence-corrected chi connectivity index (χ4v) is 3.59. The molecule has 1 aromatic rings. The first-order valence-corrected chi connectivity index (χ1v) is 9.96. The Morgan fingerprint density at radius 3 is 2.65 bits per heavy atom. The quantitative estimate of drug-likeness (QED) is 0.642. The number of rotatable bonds is 7. The third kappa shape index (κ3) is 5.37. The Hall–Kier alpha value is -2.25. The lowest BCUT2D eigenvalue weighted by molar-refractivity contribution is -0.120. The second kappa shape index (κ2) is 8.42. The molecule has 142 valence electrons. The number of carbonyl (C=O) groups is 1. The standard InChI is InChI=1S/C16H22FN5O3S/c1-19-26(24,25)10-14(23)22-16(5-3-2-4-6-16)11-21-15-13(17)7-12(8-18)9-20-15/h7,9,19H,2-6,10-11H2,1H3,(H,20,21)(H,22,23). The summed E-state index contributed by atoms with van der Waals surface area (Å²) in [4.78, 5) is 16.1. The number of nitrogens with zero attached hydrogens (tertiary/aromatic N) is 2. The zero-order chi connectivity index (χ0) is 19.2. The predicted molar refractivity (Wildman–Crippen MR) is 94.2 cm³/mol. The van der Waals surface area contributed by atoms with Crippen LogP contribution >= 0.6 is 0 Å². The van der Waals surface area contributed by atoms with Crippen LogP contribution in [0.3, 0.4) is 0 Å². The molecule has 8 nitrogen and oxygen atoms in total. The fourth-order valence-electron chi connectivity index (χ4n) is 3.03. The molecule has 0 aromatic carbocycles. The van der Waals surface area contributed by atoms with Crippen LogP contribution in [0.4, 0.5) is 10.2 Å². The minimum atomic E-state index is -3.66. The Morgan fingerprint density at radius 2 is 2.08 bits per heavy atom. The molecule has 26 heavy (non-hydrogen) atoms. The van der Waals surface area contributed by atoms with E-state index in [2.05, 4.69) is 20.3 Å². The second-order valence-electron chi connectivity index (χ2n) is 6.37. The number of carbonyl (C=O) groups excluding carboxylic acids is 1. The van der Waals surface area contributed by atoms with Crippen molar-refractivity contribution >= 4 is 21.7 Å². The van der Waals surface area contributed by atoms with E-state index in [4.69, 9.17) is 5.26 Å². The van der Waals surface area contributed by atoms with Crippen molar-refractivity contribution in [2.45, 2.75) is 37.6 Å². The Labute approximate surface area is 152 Å². The van der Waals surface area contributed by atoms with E-state index in [9.17, 15) is 17.6 Å². The molecule has 1 saturated carbocycles. The molecule has 0 radical (unpaired) electrons. The highest BCUT2D eigenvalue weighted by Crippen LogP contribution is 2.29. The molecular formula is C16H22FN5O3S. The van der Waals surface area contributed by atoms with Gasteiger partial charge in [0.05, 0.1) is 11.1 Å². The second-order valence-corrected chi connectivity index (χ2v) is 8.30. The highest BCUT2D eigenvalue weighted by atomic mass is 32.2. The Bertz CT molecular complexity index is 801. The molecule has 1 aliphatic carbocycles. The van der Waals surface area contributed by atoms with Gasteiger partial charge in [-0.1, -0.05) is 19.3 Å². The van der Waals surface area contributed by atoms with Crippen LogP contribution in [0.15, 0.2) is 12.3 Å². The molecule has 0 unspecified atom stereocenters. The van der Waals surface area contributed by atoms with E-state index in [-0.39, 0.29) is 17.9 Å². The molecule has 0 aliphatic heterocycles. The Kier molecular flexibility index (Phi) is 6.50. The minimum Gasteiger partial charge on any atom is -0.365 e. The molecule has 0 spiro atoms. The summed E-state index contributed by atoms with van der Waals surface area (Å²) in [6.07, 6.45) is 5.35. The van der Waals surface area contributed by atoms with E-state index in [1.54, 1.807) is 0 Å². The summed E-state index contributed by atoms with van der Waals surface area (Å²) >= 11 is 0. The van der Waals surface area contributed by atoms with Gasteiger partial charge in [0.15, 0.2) is 11.6 Å². The number of nitriles is 1. The lowest BCUT2D eigenvalue weighted by Crippen LogP contribution is -2.56. The molecule has 1 amide bonds. The van der Waals surface area contributed by atoms with E-state index >= 15 is 0 Å². The van der Waals surface area contributed by atoms with Gasteiger partial charge in [-0.2, -0.15) is 5.26 Å². The highest BCUT2D eigenvalue weighted by molar-refractivity contribution is 7.90. The van der Waals surface area contributed by atoms with Crippen molar-refractivity contribution in [2.24, 2.45) is 0 Å². The number of hydrogen-bond donors (Lipinski definition) is 3. The summed E-state index contributed by atoms with van der Waals surface area (Å²) in [6, 6.07) is 2.90. The summed E-state index contributed by atoms with van der Waals surface area (Å²) < 4.78 is 39.2. The van der Waals surface area contributed by atoms with Gasteiger partial charge < -0.3 is 10.6 Å². The molecule has 2 rings (SSSR count). The Morgan fingerprint density at radius 1 is 1.38 bits per heavy atom. The van der Waals surface area contributed by atoms with Gasteiger partial charge in [-0.05, 0) is 26.0 Å². The number of anilines is 1. The number of hydrogen-bond acceptors (Lipinski definition) is 6. The molecule has 10 heteroatoms. The summed E-state index contributed by atoms with van der Waals surface area (Å²) in [6.45, 7) is 0.216. The number of nitrogens with one attached hydrogen (secondary N) is 3. The fraction of sp³-hybridized carbons (Fsp3) is 0.562. The number of halogens is 1. The monoisotopic (exact) mass is 383 g/mol. The third-order valence-corrected chi connectivity index (χ3v) is 5.68. The van der Waals surface area contributed by atoms with Gasteiger partial charge in [0.2, 0.25) is 15.9 Å². The maximum absolute atomic E-state index is 14.0. The molecule has 0 atom stereocenters. The third-order valence-electron chi connectivity index (χ3n) is 4.41. The van der Waals surface area contributed by atoms with Crippen LogP contribution in [-0.2, 0) is 14.8 Å². The van der Waals surface area contributed by atoms with Gasteiger partial charge in [0.25, 0.3) is 0 Å². The van der Waals surface area contributed by atoms with Crippen molar-refractivity contribution in [2.75, 3.05) is 24.7 Å². The van der Waals surface area contributed by atoms with Crippen molar-refractivity contribution in [3.8, 4) is 6.07 Å². The molecule has 3 N–H and O–H groups in total. The van der Waals surface area contributed by atoms with E-state index in [1.165, 1.54) is 13.2 Å². The molecule has 1 aliphatic rings. The normalized spacial score (nSPS) is 16.5. The van der Waals surface area contributed by atoms with Gasteiger partial charge in [-0.25, -0.2) is 22.5 Å². The molecule has 1 aromatic heterocycles. The van der Waals surface area contributed by atoms with Crippen molar-refractivity contribution in [3.63, 3.8) is 0 Å². The van der Waals surface area contributed by atoms with E-state index in [0.717, 1.165) is 25.3 Å². The topological polar surface area (TPSA) is 124 Å². The van der Waals surface area contributed by atoms with Crippen LogP contribution in [0.5, 0.6) is 0 Å². The van der Waals surface area contributed by atoms with Crippen molar-refractivity contribution < 1.29 is 17.6 Å². The maximum atomic E-state index is 14.0. The van der Waals surface area contributed by atoms with Crippen LogP contribution in [0.25, 0.3) is 0 Å². The molecular weight excluding hydrogens is 361 g/mol. The van der Waals surface area contributed by atoms with Crippen molar-refractivity contribution in [1.82, 2.24) is 15.0 Å². The predicted octanol–water partition coefficient (Wildman–Crippen LogP) is 0.873. The number of amides is 1. The average Bonchev–Trinajstić information content (AvgIpc) is 2.60. The maximum Gasteiger partial charge on any atom is 0.237 e. The molecule has 0 saturated heterocycles. The number of sulfonamides is 1. The first-order valence-electron chi connectivity index (χ1n) is 8.31. The zero-order valence-corrected chi connectivity index (χ0v) is 15.3. The van der Waals surface area contributed by atoms with E-state index in [1.807, 2.05) is 6.07 Å². The van der Waals surface area contributed by atoms with Gasteiger partial charge in [0, 0.05) is 12.7 Å². The van der Waals surface area contributed by atoms with Gasteiger partial charge in [0.1, 0.15) is 11.8 Å². The number of pyridine rings is 1. The molecule has 1 heterocycles. The van der Waals surface area contributed by atoms with E-state index < -0.39 is 33.0 Å². The van der Waals surface area contributed by atoms with Crippen LogP contribution in [0.2, 0.25) is 0 Å². The minimum absolute atomic E-state index is 0.00829. The lowest BCUT2D eigenvalue weighted by Gasteiger charge is -2.38. The zero-order valence-electron chi connectivity index (χ0n) is 14.5. The van der Waals surface area contributed by atoms with Crippen LogP contribution < -0.4 is 15.4 Å². The van der Waals surface area contributed by atoms with Crippen LogP contribution in [0, 0.1) is 17.1 Å². The lowest BCUT2D eigenvalue weighted by atomic mass is 9.81. The summed E-state index contributed by atoms with van der Waals surface area (Å²) in [5, 5.41) is 14.5. The van der Waals surface area contributed by atoms with Crippen molar-refractivity contribution in [3.05, 3.63) is 23.6 Å². The molecule has 1 fully saturated rings. The molecule has 0 bridgehead atoms. The smallest absolute Gasteiger partial charge is 0.237 e. The van der Waals surface area contributed by atoms with Crippen LogP contribution in [-0.4, -0.2) is 44.2 Å². The van der Waals surface area contributed by atoms with Gasteiger partial charge in [-0.3, -0.25) is 4.79 Å². The van der Waals surface area contributed by atoms with Crippen molar-refractivity contribution in [1.29, 1.82) is 5.26 Å². The van der Waals surface area contributed by atoms with E-state index in [0.29, 0.717) is 12.8 Å². The summed E-state index contributed by atoms with van der Waals surface area (Å²) in [7, 11) is -2.41. The van der Waals surface area contributed by atoms with Gasteiger partial charge >= 0.3 is 0 Å². The summed E-state index contributed by atoms with van der Waals surface area (Å²) in [5.41, 5.74) is -0.549. The first-order chi connectivity index (χ1) is 12.3. The SMILES string of the molecule is CNS(=O)(=O)CC(=O)NC1(CNc2ncc(C#N)cc2F)CCCCC1. The van der Waals surface area contributed by atoms with Gasteiger partial charge in [-0.15, -0.1) is 0 Å². The largest absolute Gasteiger partial charge is 0.365 e. The summed E-state index contributed by atoms with van der Waals surface area (Å²) in [5.74, 6) is -1.92. The average molecular weight is 383 g/mol. The Balaban J connectivity index is 2.09. The first kappa shape index (κ1) is 20.1. The highest BCUT2D eigenvalue weighted by Gasteiger charge is 2.34.